The highest BCUT2D eigenvalue weighted by molar-refractivity contribution is 7.85. The van der Waals surface area contributed by atoms with E-state index in [0.717, 1.165) is 18.0 Å². The van der Waals surface area contributed by atoms with Gasteiger partial charge in [-0.05, 0) is 26.0 Å². The Morgan fingerprint density at radius 1 is 1.29 bits per heavy atom. The van der Waals surface area contributed by atoms with Crippen LogP contribution in [0, 0.1) is 0 Å². The van der Waals surface area contributed by atoms with E-state index < -0.39 is 10.8 Å². The van der Waals surface area contributed by atoms with Gasteiger partial charge in [0.2, 0.25) is 0 Å². The van der Waals surface area contributed by atoms with Crippen molar-refractivity contribution in [2.45, 2.75) is 31.3 Å². The Labute approximate surface area is 129 Å². The highest BCUT2D eigenvalue weighted by atomic mass is 32.2. The monoisotopic (exact) mass is 305 g/mol. The van der Waals surface area contributed by atoms with Gasteiger partial charge in [0, 0.05) is 48.6 Å². The zero-order valence-corrected chi connectivity index (χ0v) is 13.7. The van der Waals surface area contributed by atoms with Crippen LogP contribution in [0.15, 0.2) is 47.6 Å². The van der Waals surface area contributed by atoms with E-state index in [4.69, 9.17) is 0 Å². The third kappa shape index (κ3) is 4.79. The van der Waals surface area contributed by atoms with Crippen molar-refractivity contribution in [1.82, 2.24) is 14.7 Å². The second-order valence-corrected chi connectivity index (χ2v) is 7.02. The van der Waals surface area contributed by atoms with Crippen molar-refractivity contribution >= 4 is 10.8 Å². The molecule has 1 aromatic carbocycles. The summed E-state index contributed by atoms with van der Waals surface area (Å²) in [5.74, 6) is 0.655. The second-order valence-electron chi connectivity index (χ2n) is 5.45. The molecule has 0 aliphatic heterocycles. The van der Waals surface area contributed by atoms with E-state index in [2.05, 4.69) is 23.8 Å². The maximum atomic E-state index is 12.3. The molecule has 0 spiro atoms. The number of rotatable bonds is 7. The molecule has 2 rings (SSSR count). The van der Waals surface area contributed by atoms with Crippen molar-refractivity contribution in [2.75, 3.05) is 12.3 Å². The molecule has 5 heteroatoms. The Kier molecular flexibility index (Phi) is 5.70. The summed E-state index contributed by atoms with van der Waals surface area (Å²) in [6, 6.07) is 10.1. The fourth-order valence-electron chi connectivity index (χ4n) is 2.20. The molecule has 0 bridgehead atoms. The van der Waals surface area contributed by atoms with Crippen LogP contribution in [0.25, 0.3) is 0 Å². The summed E-state index contributed by atoms with van der Waals surface area (Å²) in [5.41, 5.74) is 1.19. The number of hydrogen-bond donors (Lipinski definition) is 0. The molecule has 0 fully saturated rings. The minimum Gasteiger partial charge on any atom is -0.296 e. The Hall–Kier alpha value is -1.46. The maximum Gasteiger partial charge on any atom is 0.0542 e. The van der Waals surface area contributed by atoms with E-state index >= 15 is 0 Å². The summed E-state index contributed by atoms with van der Waals surface area (Å²) in [4.78, 5) is 3.24. The molecule has 0 aliphatic rings. The predicted octanol–water partition coefficient (Wildman–Crippen LogP) is 2.44. The van der Waals surface area contributed by atoms with Crippen LogP contribution in [-0.2, 0) is 24.4 Å². The Morgan fingerprint density at radius 3 is 2.57 bits per heavy atom. The average Bonchev–Trinajstić information content (AvgIpc) is 2.89. The van der Waals surface area contributed by atoms with Crippen LogP contribution in [0.2, 0.25) is 0 Å². The van der Waals surface area contributed by atoms with Gasteiger partial charge in [-0.15, -0.1) is 0 Å². The van der Waals surface area contributed by atoms with Crippen molar-refractivity contribution in [3.05, 3.63) is 48.3 Å². The standard InChI is InChI=1S/C16H23N3OS/c1-14(2)19(13-15-11-17-18(3)12-15)9-10-21(20)16-7-5-4-6-8-16/h4-8,11-12,14H,9-10,13H2,1-3H3/t21-/m1/s1. The second kappa shape index (κ2) is 7.52. The lowest BCUT2D eigenvalue weighted by Gasteiger charge is -2.25. The largest absolute Gasteiger partial charge is 0.296 e. The van der Waals surface area contributed by atoms with Gasteiger partial charge in [0.15, 0.2) is 0 Å². The third-order valence-electron chi connectivity index (χ3n) is 3.44. The van der Waals surface area contributed by atoms with E-state index in [0.29, 0.717) is 11.8 Å². The lowest BCUT2D eigenvalue weighted by molar-refractivity contribution is 0.226. The first kappa shape index (κ1) is 15.9. The van der Waals surface area contributed by atoms with Crippen molar-refractivity contribution < 1.29 is 4.21 Å². The molecule has 2 aromatic rings. The van der Waals surface area contributed by atoms with Crippen LogP contribution in [0.4, 0.5) is 0 Å². The van der Waals surface area contributed by atoms with Gasteiger partial charge in [-0.25, -0.2) is 0 Å². The van der Waals surface area contributed by atoms with Crippen molar-refractivity contribution in [2.24, 2.45) is 7.05 Å². The summed E-state index contributed by atoms with van der Waals surface area (Å²) in [6.07, 6.45) is 3.92. The fourth-order valence-corrected chi connectivity index (χ4v) is 3.29. The molecule has 0 saturated heterocycles. The highest BCUT2D eigenvalue weighted by Gasteiger charge is 2.13. The summed E-state index contributed by atoms with van der Waals surface area (Å²) in [5, 5.41) is 4.20. The normalized spacial score (nSPS) is 13.0. The molecule has 0 amide bonds. The van der Waals surface area contributed by atoms with Crippen molar-refractivity contribution in [3.63, 3.8) is 0 Å². The molecule has 0 aliphatic carbocycles. The van der Waals surface area contributed by atoms with Gasteiger partial charge >= 0.3 is 0 Å². The minimum absolute atomic E-state index is 0.415. The molecule has 0 unspecified atom stereocenters. The highest BCUT2D eigenvalue weighted by Crippen LogP contribution is 2.10. The first-order valence-corrected chi connectivity index (χ1v) is 8.53. The molecule has 4 nitrogen and oxygen atoms in total. The topological polar surface area (TPSA) is 38.1 Å². The molecule has 0 radical (unpaired) electrons. The first-order chi connectivity index (χ1) is 10.1. The summed E-state index contributed by atoms with van der Waals surface area (Å²) >= 11 is 0. The number of aromatic nitrogens is 2. The summed E-state index contributed by atoms with van der Waals surface area (Å²) in [6.45, 7) is 6.00. The molecule has 1 heterocycles. The third-order valence-corrected chi connectivity index (χ3v) is 4.80. The molecular formula is C16H23N3OS. The van der Waals surface area contributed by atoms with E-state index in [9.17, 15) is 4.21 Å². The molecule has 0 N–H and O–H groups in total. The summed E-state index contributed by atoms with van der Waals surface area (Å²) < 4.78 is 14.1. The van der Waals surface area contributed by atoms with Gasteiger partial charge in [-0.1, -0.05) is 18.2 Å². The van der Waals surface area contributed by atoms with Crippen LogP contribution < -0.4 is 0 Å². The summed E-state index contributed by atoms with van der Waals surface area (Å²) in [7, 11) is 0.988. The Morgan fingerprint density at radius 2 is 2.00 bits per heavy atom. The lowest BCUT2D eigenvalue weighted by Crippen LogP contribution is -2.33. The molecule has 21 heavy (non-hydrogen) atoms. The smallest absolute Gasteiger partial charge is 0.0542 e. The molecule has 1 aromatic heterocycles. The van der Waals surface area contributed by atoms with Crippen LogP contribution in [0.5, 0.6) is 0 Å². The van der Waals surface area contributed by atoms with Gasteiger partial charge < -0.3 is 0 Å². The molecule has 114 valence electrons. The zero-order chi connectivity index (χ0) is 15.2. The average molecular weight is 305 g/mol. The Bertz CT molecular complexity index is 580. The number of benzene rings is 1. The number of hydrogen-bond acceptors (Lipinski definition) is 3. The van der Waals surface area contributed by atoms with Crippen LogP contribution >= 0.6 is 0 Å². The predicted molar refractivity (Wildman–Crippen MR) is 86.5 cm³/mol. The lowest BCUT2D eigenvalue weighted by atomic mass is 10.2. The van der Waals surface area contributed by atoms with Crippen LogP contribution in [-0.4, -0.2) is 37.2 Å². The minimum atomic E-state index is -0.936. The van der Waals surface area contributed by atoms with Gasteiger partial charge in [0.25, 0.3) is 0 Å². The van der Waals surface area contributed by atoms with Crippen molar-refractivity contribution in [1.29, 1.82) is 0 Å². The van der Waals surface area contributed by atoms with E-state index in [1.165, 1.54) is 5.56 Å². The van der Waals surface area contributed by atoms with E-state index in [1.807, 2.05) is 54.5 Å². The van der Waals surface area contributed by atoms with E-state index in [1.54, 1.807) is 0 Å². The van der Waals surface area contributed by atoms with Crippen molar-refractivity contribution in [3.8, 4) is 0 Å². The van der Waals surface area contributed by atoms with Gasteiger partial charge in [-0.3, -0.25) is 13.8 Å². The zero-order valence-electron chi connectivity index (χ0n) is 12.9. The van der Waals surface area contributed by atoms with Crippen LogP contribution in [0.1, 0.15) is 19.4 Å². The SMILES string of the molecule is CC(C)N(CC[S@@](=O)c1ccccc1)Cc1cnn(C)c1. The maximum absolute atomic E-state index is 12.3. The molecule has 1 atom stereocenters. The number of aryl methyl sites for hydroxylation is 1. The van der Waals surface area contributed by atoms with Crippen LogP contribution in [0.3, 0.4) is 0 Å². The first-order valence-electron chi connectivity index (χ1n) is 7.21. The fraction of sp³-hybridized carbons (Fsp3) is 0.438. The van der Waals surface area contributed by atoms with Gasteiger partial charge in [-0.2, -0.15) is 5.10 Å². The molecule has 0 saturated carbocycles. The Balaban J connectivity index is 1.93. The van der Waals surface area contributed by atoms with Gasteiger partial charge in [0.05, 0.1) is 17.0 Å². The van der Waals surface area contributed by atoms with Gasteiger partial charge in [0.1, 0.15) is 0 Å². The molecular weight excluding hydrogens is 282 g/mol. The number of nitrogens with zero attached hydrogens (tertiary/aromatic N) is 3. The quantitative estimate of drug-likeness (QED) is 0.788. The van der Waals surface area contributed by atoms with E-state index in [-0.39, 0.29) is 0 Å².